The van der Waals surface area contributed by atoms with E-state index in [4.69, 9.17) is 0 Å². The summed E-state index contributed by atoms with van der Waals surface area (Å²) in [5.41, 5.74) is 1.76. The van der Waals surface area contributed by atoms with Crippen LogP contribution >= 0.6 is 11.8 Å². The number of amides is 1. The van der Waals surface area contributed by atoms with Crippen LogP contribution in [0.4, 0.5) is 0 Å². The minimum Gasteiger partial charge on any atom is -0.348 e. The van der Waals surface area contributed by atoms with E-state index in [1.54, 1.807) is 23.6 Å². The van der Waals surface area contributed by atoms with Crippen molar-refractivity contribution in [2.45, 2.75) is 23.4 Å². The number of benzene rings is 2. The fourth-order valence-corrected chi connectivity index (χ4v) is 3.92. The number of thioether (sulfide) groups is 1. The smallest absolute Gasteiger partial charge is 0.343 e. The lowest BCUT2D eigenvalue weighted by molar-refractivity contribution is -0.128. The van der Waals surface area contributed by atoms with Crippen molar-refractivity contribution >= 4 is 17.7 Å². The highest BCUT2D eigenvalue weighted by Gasteiger charge is 2.26. The molecular formula is C20H22N4O2S. The van der Waals surface area contributed by atoms with Gasteiger partial charge in [-0.2, -0.15) is 0 Å². The largest absolute Gasteiger partial charge is 0.348 e. The van der Waals surface area contributed by atoms with E-state index in [1.165, 1.54) is 11.8 Å². The molecule has 0 bridgehead atoms. The number of aromatic amines is 1. The summed E-state index contributed by atoms with van der Waals surface area (Å²) in [6.07, 6.45) is 0.714. The molecule has 1 aromatic heterocycles. The van der Waals surface area contributed by atoms with E-state index in [-0.39, 0.29) is 11.6 Å². The van der Waals surface area contributed by atoms with E-state index in [0.29, 0.717) is 18.1 Å². The van der Waals surface area contributed by atoms with E-state index >= 15 is 0 Å². The summed E-state index contributed by atoms with van der Waals surface area (Å²) >= 11 is 1.29. The third-order valence-corrected chi connectivity index (χ3v) is 5.41. The number of carbonyl (C=O) groups is 1. The van der Waals surface area contributed by atoms with Crippen LogP contribution in [0.2, 0.25) is 0 Å². The number of nitrogens with one attached hydrogen (secondary N) is 1. The first-order chi connectivity index (χ1) is 13.1. The van der Waals surface area contributed by atoms with Crippen molar-refractivity contribution in [3.05, 3.63) is 82.3 Å². The zero-order valence-electron chi connectivity index (χ0n) is 15.3. The number of aromatic nitrogens is 3. The van der Waals surface area contributed by atoms with E-state index in [9.17, 15) is 9.59 Å². The van der Waals surface area contributed by atoms with Gasteiger partial charge < -0.3 is 4.90 Å². The van der Waals surface area contributed by atoms with Crippen LogP contribution in [0.3, 0.4) is 0 Å². The molecule has 0 aliphatic carbocycles. The maximum Gasteiger partial charge on any atom is 0.343 e. The van der Waals surface area contributed by atoms with Crippen LogP contribution in [0.25, 0.3) is 0 Å². The van der Waals surface area contributed by atoms with Crippen LogP contribution in [-0.4, -0.2) is 39.7 Å². The van der Waals surface area contributed by atoms with Crippen molar-refractivity contribution in [3.8, 4) is 0 Å². The first-order valence-electron chi connectivity index (χ1n) is 8.68. The fraction of sp³-hybridized carbons (Fsp3) is 0.250. The normalized spacial score (nSPS) is 11.9. The van der Waals surface area contributed by atoms with Crippen molar-refractivity contribution in [1.82, 2.24) is 19.7 Å². The highest BCUT2D eigenvalue weighted by atomic mass is 32.2. The van der Waals surface area contributed by atoms with Gasteiger partial charge in [-0.05, 0) is 17.5 Å². The van der Waals surface area contributed by atoms with Gasteiger partial charge in [-0.15, -0.1) is 5.10 Å². The number of likely N-dealkylation sites (N-methyl/N-ethyl adjacent to an activating group) is 1. The molecule has 1 N–H and O–H groups in total. The Morgan fingerprint density at radius 2 is 1.74 bits per heavy atom. The molecule has 0 aliphatic heterocycles. The van der Waals surface area contributed by atoms with E-state index in [2.05, 4.69) is 10.2 Å². The van der Waals surface area contributed by atoms with Gasteiger partial charge in [-0.1, -0.05) is 72.4 Å². The van der Waals surface area contributed by atoms with Crippen molar-refractivity contribution in [2.75, 3.05) is 14.1 Å². The number of hydrogen-bond acceptors (Lipinski definition) is 4. The molecule has 1 atom stereocenters. The summed E-state index contributed by atoms with van der Waals surface area (Å²) < 4.78 is 1.59. The lowest BCUT2D eigenvalue weighted by Gasteiger charge is -2.20. The molecule has 3 aromatic rings. The number of aryl methyl sites for hydroxylation is 1. The fourth-order valence-electron chi connectivity index (χ4n) is 2.70. The quantitative estimate of drug-likeness (QED) is 0.638. The van der Waals surface area contributed by atoms with Gasteiger partial charge in [0.15, 0.2) is 5.16 Å². The van der Waals surface area contributed by atoms with Crippen LogP contribution in [0, 0.1) is 0 Å². The van der Waals surface area contributed by atoms with Crippen LogP contribution in [0.1, 0.15) is 16.4 Å². The minimum absolute atomic E-state index is 0.0451. The Hall–Kier alpha value is -2.80. The topological polar surface area (TPSA) is 71.0 Å². The summed E-state index contributed by atoms with van der Waals surface area (Å²) in [5, 5.41) is 6.71. The Labute approximate surface area is 162 Å². The Morgan fingerprint density at radius 3 is 2.37 bits per heavy atom. The second-order valence-corrected chi connectivity index (χ2v) is 7.41. The van der Waals surface area contributed by atoms with Gasteiger partial charge in [0.25, 0.3) is 0 Å². The molecule has 7 heteroatoms. The summed E-state index contributed by atoms with van der Waals surface area (Å²) in [7, 11) is 3.46. The van der Waals surface area contributed by atoms with E-state index < -0.39 is 5.25 Å². The third kappa shape index (κ3) is 4.68. The molecule has 0 saturated heterocycles. The standard InChI is InChI=1S/C20H22N4O2S/c1-23(2)18(25)17(16-11-7-4-8-12-16)27-20-22-21-19(26)24(20)14-13-15-9-5-3-6-10-15/h3-12,17H,13-14H2,1-2H3,(H,21,26)/t17-/m1/s1. The second-order valence-electron chi connectivity index (χ2n) is 6.34. The van der Waals surface area contributed by atoms with Gasteiger partial charge in [0.1, 0.15) is 5.25 Å². The lowest BCUT2D eigenvalue weighted by atomic mass is 10.1. The SMILES string of the molecule is CN(C)C(=O)[C@H](Sc1n[nH]c(=O)n1CCc1ccccc1)c1ccccc1. The molecule has 0 fully saturated rings. The molecule has 0 spiro atoms. The van der Waals surface area contributed by atoms with Crippen molar-refractivity contribution in [2.24, 2.45) is 0 Å². The third-order valence-electron chi connectivity index (χ3n) is 4.18. The van der Waals surface area contributed by atoms with E-state index in [0.717, 1.165) is 11.1 Å². The van der Waals surface area contributed by atoms with Crippen molar-refractivity contribution < 1.29 is 4.79 Å². The molecule has 2 aromatic carbocycles. The summed E-state index contributed by atoms with van der Waals surface area (Å²) in [5.74, 6) is -0.0451. The van der Waals surface area contributed by atoms with Crippen molar-refractivity contribution in [1.29, 1.82) is 0 Å². The summed E-state index contributed by atoms with van der Waals surface area (Å²) in [6, 6.07) is 19.5. The Kier molecular flexibility index (Phi) is 6.13. The van der Waals surface area contributed by atoms with Crippen LogP contribution in [-0.2, 0) is 17.8 Å². The Morgan fingerprint density at radius 1 is 1.11 bits per heavy atom. The predicted octanol–water partition coefficient (Wildman–Crippen LogP) is 2.74. The average Bonchev–Trinajstić information content (AvgIpc) is 3.04. The Bertz CT molecular complexity index is 935. The minimum atomic E-state index is -0.466. The van der Waals surface area contributed by atoms with Gasteiger partial charge in [0.2, 0.25) is 5.91 Å². The molecular weight excluding hydrogens is 360 g/mol. The molecule has 6 nitrogen and oxygen atoms in total. The van der Waals surface area contributed by atoms with Crippen LogP contribution in [0.15, 0.2) is 70.6 Å². The van der Waals surface area contributed by atoms with Gasteiger partial charge >= 0.3 is 5.69 Å². The lowest BCUT2D eigenvalue weighted by Crippen LogP contribution is -2.27. The maximum atomic E-state index is 12.7. The highest BCUT2D eigenvalue weighted by Crippen LogP contribution is 2.34. The van der Waals surface area contributed by atoms with Gasteiger partial charge in [0, 0.05) is 20.6 Å². The molecule has 140 valence electrons. The molecule has 0 unspecified atom stereocenters. The molecule has 0 radical (unpaired) electrons. The number of nitrogens with zero attached hydrogens (tertiary/aromatic N) is 3. The number of carbonyl (C=O) groups excluding carboxylic acids is 1. The summed E-state index contributed by atoms with van der Waals surface area (Å²) in [6.45, 7) is 0.499. The van der Waals surface area contributed by atoms with E-state index in [1.807, 2.05) is 60.7 Å². The first-order valence-corrected chi connectivity index (χ1v) is 9.56. The Balaban J connectivity index is 1.84. The molecule has 0 aliphatic rings. The number of hydrogen-bond donors (Lipinski definition) is 1. The van der Waals surface area contributed by atoms with Gasteiger partial charge in [-0.3, -0.25) is 9.36 Å². The average molecular weight is 382 g/mol. The van der Waals surface area contributed by atoms with Gasteiger partial charge in [-0.25, -0.2) is 9.89 Å². The molecule has 1 heterocycles. The molecule has 27 heavy (non-hydrogen) atoms. The van der Waals surface area contributed by atoms with Gasteiger partial charge in [0.05, 0.1) is 0 Å². The second kappa shape index (κ2) is 8.73. The molecule has 3 rings (SSSR count). The number of H-pyrrole nitrogens is 1. The molecule has 0 saturated carbocycles. The predicted molar refractivity (Wildman–Crippen MR) is 107 cm³/mol. The zero-order valence-corrected chi connectivity index (χ0v) is 16.1. The van der Waals surface area contributed by atoms with Crippen molar-refractivity contribution in [3.63, 3.8) is 0 Å². The zero-order chi connectivity index (χ0) is 19.2. The first kappa shape index (κ1) is 19.0. The number of rotatable bonds is 7. The monoisotopic (exact) mass is 382 g/mol. The highest BCUT2D eigenvalue weighted by molar-refractivity contribution is 8.00. The summed E-state index contributed by atoms with van der Waals surface area (Å²) in [4.78, 5) is 26.5. The molecule has 1 amide bonds. The van der Waals surface area contributed by atoms with Crippen LogP contribution in [0.5, 0.6) is 0 Å². The van der Waals surface area contributed by atoms with Crippen LogP contribution < -0.4 is 5.69 Å². The maximum absolute atomic E-state index is 12.7.